The van der Waals surface area contributed by atoms with E-state index in [1.807, 2.05) is 18.2 Å². The Bertz CT molecular complexity index is 747. The molecule has 1 aromatic carbocycles. The number of nitrogens with zero attached hydrogens (tertiary/aromatic N) is 2. The Hall–Kier alpha value is -2.76. The van der Waals surface area contributed by atoms with Gasteiger partial charge in [-0.3, -0.25) is 9.98 Å². The van der Waals surface area contributed by atoms with Crippen molar-refractivity contribution in [3.05, 3.63) is 53.3 Å². The van der Waals surface area contributed by atoms with Crippen LogP contribution < -0.4 is 20.1 Å². The number of methoxy groups -OCH3 is 1. The zero-order valence-electron chi connectivity index (χ0n) is 14.9. The number of hydrogen-bond acceptors (Lipinski definition) is 4. The number of hydrogen-bond donors (Lipinski definition) is 2. The second-order valence-corrected chi connectivity index (χ2v) is 6.00. The van der Waals surface area contributed by atoms with Crippen molar-refractivity contribution in [1.82, 2.24) is 15.6 Å². The molecular formula is C19H24N4O2. The molecule has 0 fully saturated rings. The summed E-state index contributed by atoms with van der Waals surface area (Å²) in [4.78, 5) is 8.55. The standard InChI is InChI=1S/C19H24N4O2/c1-13-8-14-9-17(24-3)15(10-18(14)25-13)11-22-19(20-2)23-12-16-6-4-5-7-21-16/h4-7,9-10,13H,8,11-12H2,1-3H3,(H2,20,22,23). The monoisotopic (exact) mass is 340 g/mol. The molecule has 1 aromatic heterocycles. The van der Waals surface area contributed by atoms with Gasteiger partial charge in [0.1, 0.15) is 17.6 Å². The molecule has 0 radical (unpaired) electrons. The molecule has 132 valence electrons. The highest BCUT2D eigenvalue weighted by atomic mass is 16.5. The van der Waals surface area contributed by atoms with E-state index in [0.717, 1.165) is 29.2 Å². The molecule has 25 heavy (non-hydrogen) atoms. The molecule has 2 aromatic rings. The predicted molar refractivity (Wildman–Crippen MR) is 98.1 cm³/mol. The fourth-order valence-corrected chi connectivity index (χ4v) is 2.89. The third kappa shape index (κ3) is 4.21. The second-order valence-electron chi connectivity index (χ2n) is 6.00. The number of fused-ring (bicyclic) bond motifs is 1. The van der Waals surface area contributed by atoms with Gasteiger partial charge in [-0.05, 0) is 31.2 Å². The zero-order valence-corrected chi connectivity index (χ0v) is 14.9. The van der Waals surface area contributed by atoms with Crippen LogP contribution in [0, 0.1) is 0 Å². The first-order chi connectivity index (χ1) is 12.2. The first-order valence-corrected chi connectivity index (χ1v) is 8.40. The van der Waals surface area contributed by atoms with Gasteiger partial charge in [-0.1, -0.05) is 6.07 Å². The van der Waals surface area contributed by atoms with Gasteiger partial charge >= 0.3 is 0 Å². The average molecular weight is 340 g/mol. The van der Waals surface area contributed by atoms with Gasteiger partial charge < -0.3 is 20.1 Å². The molecule has 0 bridgehead atoms. The summed E-state index contributed by atoms with van der Waals surface area (Å²) in [6, 6.07) is 9.97. The molecule has 2 heterocycles. The fraction of sp³-hybridized carbons (Fsp3) is 0.368. The molecule has 1 aliphatic heterocycles. The molecule has 1 unspecified atom stereocenters. The van der Waals surface area contributed by atoms with Crippen LogP contribution in [0.3, 0.4) is 0 Å². The third-order valence-electron chi connectivity index (χ3n) is 4.13. The van der Waals surface area contributed by atoms with E-state index in [4.69, 9.17) is 9.47 Å². The summed E-state index contributed by atoms with van der Waals surface area (Å²) in [6.07, 6.45) is 2.92. The second kappa shape index (κ2) is 7.88. The van der Waals surface area contributed by atoms with Crippen molar-refractivity contribution in [1.29, 1.82) is 0 Å². The van der Waals surface area contributed by atoms with Crippen molar-refractivity contribution < 1.29 is 9.47 Å². The number of ether oxygens (including phenoxy) is 2. The molecule has 6 nitrogen and oxygen atoms in total. The highest BCUT2D eigenvalue weighted by molar-refractivity contribution is 5.79. The third-order valence-corrected chi connectivity index (χ3v) is 4.13. The van der Waals surface area contributed by atoms with Gasteiger partial charge in [0.2, 0.25) is 0 Å². The van der Waals surface area contributed by atoms with Crippen molar-refractivity contribution in [3.8, 4) is 11.5 Å². The number of aliphatic imine (C=N–C) groups is 1. The molecule has 0 aliphatic carbocycles. The van der Waals surface area contributed by atoms with Gasteiger partial charge in [-0.2, -0.15) is 0 Å². The first-order valence-electron chi connectivity index (χ1n) is 8.40. The minimum absolute atomic E-state index is 0.218. The lowest BCUT2D eigenvalue weighted by atomic mass is 10.1. The Kier molecular flexibility index (Phi) is 5.38. The fourth-order valence-electron chi connectivity index (χ4n) is 2.89. The van der Waals surface area contributed by atoms with Crippen LogP contribution >= 0.6 is 0 Å². The summed E-state index contributed by atoms with van der Waals surface area (Å²) in [5.41, 5.74) is 3.20. The number of benzene rings is 1. The minimum atomic E-state index is 0.218. The van der Waals surface area contributed by atoms with E-state index in [0.29, 0.717) is 19.0 Å². The van der Waals surface area contributed by atoms with Crippen LogP contribution in [0.2, 0.25) is 0 Å². The van der Waals surface area contributed by atoms with Crippen LogP contribution in [-0.2, 0) is 19.5 Å². The van der Waals surface area contributed by atoms with Gasteiger partial charge in [0, 0.05) is 37.3 Å². The Labute approximate surface area is 148 Å². The Morgan fingerprint density at radius 3 is 2.88 bits per heavy atom. The van der Waals surface area contributed by atoms with Crippen LogP contribution in [-0.4, -0.2) is 31.2 Å². The van der Waals surface area contributed by atoms with Gasteiger partial charge in [0.15, 0.2) is 5.96 Å². The maximum Gasteiger partial charge on any atom is 0.191 e. The van der Waals surface area contributed by atoms with E-state index >= 15 is 0 Å². The Balaban J connectivity index is 1.63. The van der Waals surface area contributed by atoms with Gasteiger partial charge in [-0.15, -0.1) is 0 Å². The van der Waals surface area contributed by atoms with E-state index in [-0.39, 0.29) is 6.10 Å². The number of aromatic nitrogens is 1. The Morgan fingerprint density at radius 1 is 1.32 bits per heavy atom. The van der Waals surface area contributed by atoms with E-state index in [2.05, 4.69) is 39.7 Å². The van der Waals surface area contributed by atoms with Crippen molar-refractivity contribution in [2.24, 2.45) is 4.99 Å². The molecule has 2 N–H and O–H groups in total. The summed E-state index contributed by atoms with van der Waals surface area (Å²) in [5.74, 6) is 2.52. The molecule has 0 spiro atoms. The molecule has 0 saturated carbocycles. The maximum atomic E-state index is 5.85. The first kappa shape index (κ1) is 17.1. The van der Waals surface area contributed by atoms with Crippen molar-refractivity contribution >= 4 is 5.96 Å². The van der Waals surface area contributed by atoms with Crippen molar-refractivity contribution in [2.75, 3.05) is 14.2 Å². The average Bonchev–Trinajstić information content (AvgIpc) is 3.00. The summed E-state index contributed by atoms with van der Waals surface area (Å²) in [5, 5.41) is 6.57. The van der Waals surface area contributed by atoms with E-state index < -0.39 is 0 Å². The Morgan fingerprint density at radius 2 is 2.16 bits per heavy atom. The van der Waals surface area contributed by atoms with Crippen LogP contribution in [0.1, 0.15) is 23.7 Å². The summed E-state index contributed by atoms with van der Waals surface area (Å²) in [7, 11) is 3.44. The summed E-state index contributed by atoms with van der Waals surface area (Å²) >= 11 is 0. The largest absolute Gasteiger partial charge is 0.496 e. The predicted octanol–water partition coefficient (Wildman–Crippen LogP) is 2.28. The highest BCUT2D eigenvalue weighted by Gasteiger charge is 2.21. The summed E-state index contributed by atoms with van der Waals surface area (Å²) in [6.45, 7) is 3.28. The van der Waals surface area contributed by atoms with E-state index in [1.54, 1.807) is 20.4 Å². The molecule has 0 saturated heterocycles. The van der Waals surface area contributed by atoms with E-state index in [9.17, 15) is 0 Å². The molecular weight excluding hydrogens is 316 g/mol. The van der Waals surface area contributed by atoms with Crippen LogP contribution in [0.4, 0.5) is 0 Å². The molecule has 6 heteroatoms. The van der Waals surface area contributed by atoms with E-state index in [1.165, 1.54) is 5.56 Å². The number of rotatable bonds is 5. The zero-order chi connectivity index (χ0) is 17.6. The molecule has 3 rings (SSSR count). The lowest BCUT2D eigenvalue weighted by Crippen LogP contribution is -2.36. The SMILES string of the molecule is CN=C(NCc1ccccn1)NCc1cc2c(cc1OC)CC(C)O2. The quantitative estimate of drug-likeness (QED) is 0.646. The normalized spacial score (nSPS) is 16.1. The van der Waals surface area contributed by atoms with Crippen molar-refractivity contribution in [2.45, 2.75) is 32.5 Å². The van der Waals surface area contributed by atoms with Gasteiger partial charge in [-0.25, -0.2) is 0 Å². The molecule has 1 atom stereocenters. The number of nitrogens with one attached hydrogen (secondary N) is 2. The number of guanidine groups is 1. The minimum Gasteiger partial charge on any atom is -0.496 e. The highest BCUT2D eigenvalue weighted by Crippen LogP contribution is 2.34. The molecule has 0 amide bonds. The van der Waals surface area contributed by atoms with Gasteiger partial charge in [0.05, 0.1) is 19.3 Å². The lowest BCUT2D eigenvalue weighted by Gasteiger charge is -2.15. The topological polar surface area (TPSA) is 67.8 Å². The van der Waals surface area contributed by atoms with Crippen LogP contribution in [0.25, 0.3) is 0 Å². The maximum absolute atomic E-state index is 5.85. The lowest BCUT2D eigenvalue weighted by molar-refractivity contribution is 0.254. The smallest absolute Gasteiger partial charge is 0.191 e. The number of pyridine rings is 1. The van der Waals surface area contributed by atoms with Gasteiger partial charge in [0.25, 0.3) is 0 Å². The van der Waals surface area contributed by atoms with Crippen LogP contribution in [0.15, 0.2) is 41.5 Å². The van der Waals surface area contributed by atoms with Crippen LogP contribution in [0.5, 0.6) is 11.5 Å². The summed E-state index contributed by atoms with van der Waals surface area (Å²) < 4.78 is 11.4. The van der Waals surface area contributed by atoms with Crippen molar-refractivity contribution in [3.63, 3.8) is 0 Å². The molecule has 1 aliphatic rings.